The fraction of sp³-hybridized carbons (Fsp3) is 0.200. The van der Waals surface area contributed by atoms with Crippen molar-refractivity contribution in [1.82, 2.24) is 10.6 Å². The molecule has 0 aromatic heterocycles. The van der Waals surface area contributed by atoms with Gasteiger partial charge in [-0.15, -0.1) is 0 Å². The molecule has 1 atom stereocenters. The number of rotatable bonds is 3. The van der Waals surface area contributed by atoms with E-state index in [4.69, 9.17) is 0 Å². The summed E-state index contributed by atoms with van der Waals surface area (Å²) < 4.78 is 0. The molecule has 2 aromatic rings. The van der Waals surface area contributed by atoms with Crippen LogP contribution < -0.4 is 10.6 Å². The summed E-state index contributed by atoms with van der Waals surface area (Å²) in [5.74, 6) is -0.457. The largest absolute Gasteiger partial charge is 0.357 e. The number of benzene rings is 2. The molecule has 0 radical (unpaired) electrons. The van der Waals surface area contributed by atoms with Crippen LogP contribution in [0.5, 0.6) is 0 Å². The number of amides is 2. The summed E-state index contributed by atoms with van der Waals surface area (Å²) in [5, 5.41) is 7.08. The lowest BCUT2D eigenvalue weighted by Crippen LogP contribution is -2.43. The Labute approximate surface area is 111 Å². The minimum Gasteiger partial charge on any atom is -0.357 e. The highest BCUT2D eigenvalue weighted by atomic mass is 16.2. The van der Waals surface area contributed by atoms with Crippen molar-refractivity contribution in [1.29, 1.82) is 0 Å². The molecule has 0 heterocycles. The van der Waals surface area contributed by atoms with Gasteiger partial charge in [0.25, 0.3) is 5.91 Å². The van der Waals surface area contributed by atoms with Crippen LogP contribution in [0.15, 0.2) is 42.5 Å². The first kappa shape index (κ1) is 13.1. The van der Waals surface area contributed by atoms with Gasteiger partial charge in [0.1, 0.15) is 6.04 Å². The van der Waals surface area contributed by atoms with Crippen molar-refractivity contribution in [2.75, 3.05) is 7.05 Å². The number of carbonyl (C=O) groups is 2. The molecule has 2 amide bonds. The minimum absolute atomic E-state index is 0.214. The molecule has 0 spiro atoms. The van der Waals surface area contributed by atoms with E-state index in [1.807, 2.05) is 36.4 Å². The Balaban J connectivity index is 2.29. The van der Waals surface area contributed by atoms with Gasteiger partial charge in [-0.05, 0) is 23.8 Å². The third-order valence-corrected chi connectivity index (χ3v) is 3.02. The van der Waals surface area contributed by atoms with Gasteiger partial charge in [0.05, 0.1) is 0 Å². The first-order valence-corrected chi connectivity index (χ1v) is 6.13. The van der Waals surface area contributed by atoms with Gasteiger partial charge >= 0.3 is 0 Å². The van der Waals surface area contributed by atoms with Gasteiger partial charge in [0.15, 0.2) is 0 Å². The summed E-state index contributed by atoms with van der Waals surface area (Å²) in [6, 6.07) is 12.7. The van der Waals surface area contributed by atoms with E-state index in [1.54, 1.807) is 20.0 Å². The molecule has 4 nitrogen and oxygen atoms in total. The standard InChI is InChI=1S/C15H16N2O2/c1-10(14(18)16-2)17-15(19)13-9-5-7-11-6-3-4-8-12(11)13/h3-10H,1-2H3,(H,16,18)(H,17,19). The van der Waals surface area contributed by atoms with Gasteiger partial charge in [-0.1, -0.05) is 36.4 Å². The second kappa shape index (κ2) is 5.52. The third-order valence-electron chi connectivity index (χ3n) is 3.02. The molecule has 2 rings (SSSR count). The van der Waals surface area contributed by atoms with Crippen LogP contribution in [0.4, 0.5) is 0 Å². The Morgan fingerprint density at radius 2 is 1.74 bits per heavy atom. The number of hydrogen-bond donors (Lipinski definition) is 2. The summed E-state index contributed by atoms with van der Waals surface area (Å²) in [5.41, 5.74) is 0.578. The van der Waals surface area contributed by atoms with Crippen molar-refractivity contribution in [3.05, 3.63) is 48.0 Å². The van der Waals surface area contributed by atoms with Crippen LogP contribution in [0.25, 0.3) is 10.8 Å². The maximum Gasteiger partial charge on any atom is 0.252 e. The Morgan fingerprint density at radius 1 is 1.05 bits per heavy atom. The monoisotopic (exact) mass is 256 g/mol. The van der Waals surface area contributed by atoms with E-state index < -0.39 is 6.04 Å². The fourth-order valence-electron chi connectivity index (χ4n) is 1.98. The summed E-state index contributed by atoms with van der Waals surface area (Å²) in [7, 11) is 1.54. The predicted octanol–water partition coefficient (Wildman–Crippen LogP) is 1.70. The molecule has 0 aliphatic carbocycles. The quantitative estimate of drug-likeness (QED) is 0.878. The van der Waals surface area contributed by atoms with Crippen molar-refractivity contribution in [2.45, 2.75) is 13.0 Å². The molecule has 0 bridgehead atoms. The van der Waals surface area contributed by atoms with Crippen LogP contribution in [0.1, 0.15) is 17.3 Å². The van der Waals surface area contributed by atoms with Gasteiger partial charge in [-0.25, -0.2) is 0 Å². The van der Waals surface area contributed by atoms with E-state index in [2.05, 4.69) is 10.6 Å². The highest BCUT2D eigenvalue weighted by Crippen LogP contribution is 2.18. The summed E-state index contributed by atoms with van der Waals surface area (Å²) >= 11 is 0. The molecular weight excluding hydrogens is 240 g/mol. The number of nitrogens with one attached hydrogen (secondary N) is 2. The van der Waals surface area contributed by atoms with Crippen LogP contribution in [-0.2, 0) is 4.79 Å². The second-order valence-corrected chi connectivity index (χ2v) is 4.34. The van der Waals surface area contributed by atoms with E-state index >= 15 is 0 Å². The SMILES string of the molecule is CNC(=O)C(C)NC(=O)c1cccc2ccccc12. The topological polar surface area (TPSA) is 58.2 Å². The van der Waals surface area contributed by atoms with Crippen molar-refractivity contribution in [3.63, 3.8) is 0 Å². The first-order valence-electron chi connectivity index (χ1n) is 6.13. The van der Waals surface area contributed by atoms with E-state index in [0.717, 1.165) is 10.8 Å². The van der Waals surface area contributed by atoms with Crippen LogP contribution >= 0.6 is 0 Å². The normalized spacial score (nSPS) is 11.9. The molecule has 19 heavy (non-hydrogen) atoms. The molecule has 0 fully saturated rings. The summed E-state index contributed by atoms with van der Waals surface area (Å²) in [4.78, 5) is 23.6. The van der Waals surface area contributed by atoms with Crippen molar-refractivity contribution in [2.24, 2.45) is 0 Å². The van der Waals surface area contributed by atoms with Crippen molar-refractivity contribution < 1.29 is 9.59 Å². The Morgan fingerprint density at radius 3 is 2.47 bits per heavy atom. The van der Waals surface area contributed by atoms with Crippen LogP contribution in [0.3, 0.4) is 0 Å². The van der Waals surface area contributed by atoms with Gasteiger partial charge in [0.2, 0.25) is 5.91 Å². The molecule has 98 valence electrons. The number of carbonyl (C=O) groups excluding carboxylic acids is 2. The molecule has 4 heteroatoms. The smallest absolute Gasteiger partial charge is 0.252 e. The maximum absolute atomic E-state index is 12.2. The molecule has 0 aliphatic heterocycles. The number of hydrogen-bond acceptors (Lipinski definition) is 2. The van der Waals surface area contributed by atoms with E-state index in [1.165, 1.54) is 0 Å². The van der Waals surface area contributed by atoms with Gasteiger partial charge in [0, 0.05) is 12.6 Å². The first-order chi connectivity index (χ1) is 9.13. The highest BCUT2D eigenvalue weighted by molar-refractivity contribution is 6.08. The number of likely N-dealkylation sites (N-methyl/N-ethyl adjacent to an activating group) is 1. The zero-order chi connectivity index (χ0) is 13.8. The van der Waals surface area contributed by atoms with Crippen molar-refractivity contribution >= 4 is 22.6 Å². The Kier molecular flexibility index (Phi) is 3.80. The lowest BCUT2D eigenvalue weighted by Gasteiger charge is -2.13. The molecule has 0 saturated carbocycles. The van der Waals surface area contributed by atoms with E-state index in [-0.39, 0.29) is 11.8 Å². The minimum atomic E-state index is -0.559. The summed E-state index contributed by atoms with van der Waals surface area (Å²) in [6.45, 7) is 1.65. The molecule has 0 saturated heterocycles. The molecule has 1 unspecified atom stereocenters. The van der Waals surface area contributed by atoms with Gasteiger partial charge in [-0.3, -0.25) is 9.59 Å². The number of fused-ring (bicyclic) bond motifs is 1. The van der Waals surface area contributed by atoms with Crippen LogP contribution in [0, 0.1) is 0 Å². The van der Waals surface area contributed by atoms with Crippen LogP contribution in [-0.4, -0.2) is 24.9 Å². The average molecular weight is 256 g/mol. The molecule has 0 aliphatic rings. The Hall–Kier alpha value is -2.36. The van der Waals surface area contributed by atoms with E-state index in [9.17, 15) is 9.59 Å². The maximum atomic E-state index is 12.2. The third kappa shape index (κ3) is 2.73. The molecule has 2 aromatic carbocycles. The lowest BCUT2D eigenvalue weighted by atomic mass is 10.0. The molecular formula is C15H16N2O2. The Bertz CT molecular complexity index is 617. The van der Waals surface area contributed by atoms with Crippen molar-refractivity contribution in [3.8, 4) is 0 Å². The van der Waals surface area contributed by atoms with E-state index in [0.29, 0.717) is 5.56 Å². The highest BCUT2D eigenvalue weighted by Gasteiger charge is 2.16. The summed E-state index contributed by atoms with van der Waals surface area (Å²) in [6.07, 6.45) is 0. The fourth-order valence-corrected chi connectivity index (χ4v) is 1.98. The lowest BCUT2D eigenvalue weighted by molar-refractivity contribution is -0.122. The predicted molar refractivity (Wildman–Crippen MR) is 74.9 cm³/mol. The zero-order valence-corrected chi connectivity index (χ0v) is 10.9. The second-order valence-electron chi connectivity index (χ2n) is 4.34. The van der Waals surface area contributed by atoms with Gasteiger partial charge < -0.3 is 10.6 Å². The molecule has 2 N–H and O–H groups in total. The van der Waals surface area contributed by atoms with Crippen LogP contribution in [0.2, 0.25) is 0 Å². The average Bonchev–Trinajstić information content (AvgIpc) is 2.45. The van der Waals surface area contributed by atoms with Gasteiger partial charge in [-0.2, -0.15) is 0 Å². The zero-order valence-electron chi connectivity index (χ0n) is 10.9.